The minimum atomic E-state index is -4.80. The maximum atomic E-state index is 16.2. The molecule has 2 fully saturated rings. The Hall–Kier alpha value is -6.07. The molecule has 0 aromatic heterocycles. The Morgan fingerprint density at radius 1 is 0.593 bits per heavy atom. The van der Waals surface area contributed by atoms with E-state index in [9.17, 15) is 13.2 Å². The molecule has 54 heavy (non-hydrogen) atoms. The number of carbonyl (C=O) groups is 3. The Morgan fingerprint density at radius 2 is 1.06 bits per heavy atom. The van der Waals surface area contributed by atoms with Crippen molar-refractivity contribution in [3.8, 4) is 23.0 Å². The second kappa shape index (κ2) is 11.2. The summed E-state index contributed by atoms with van der Waals surface area (Å²) in [6.45, 7) is -0.0398. The molecular formula is C42H25ClF3NO7. The van der Waals surface area contributed by atoms with Crippen LogP contribution in [0.1, 0.15) is 27.8 Å². The zero-order valence-electron chi connectivity index (χ0n) is 27.9. The normalized spacial score (nSPS) is 24.9. The van der Waals surface area contributed by atoms with Crippen LogP contribution in [-0.2, 0) is 31.4 Å². The molecule has 4 atom stereocenters. The maximum absolute atomic E-state index is 16.2. The number of imide groups is 1. The third kappa shape index (κ3) is 4.07. The van der Waals surface area contributed by atoms with E-state index >= 15 is 14.4 Å². The van der Waals surface area contributed by atoms with E-state index in [-0.39, 0.29) is 18.6 Å². The molecule has 12 heteroatoms. The number of nitrogens with zero attached hydrogens (tertiary/aromatic N) is 1. The summed E-state index contributed by atoms with van der Waals surface area (Å²) in [6, 6.07) is 30.5. The number of anilines is 1. The molecule has 2 aliphatic carbocycles. The van der Waals surface area contributed by atoms with Gasteiger partial charge < -0.3 is 18.9 Å². The highest BCUT2D eigenvalue weighted by Crippen LogP contribution is 2.75. The standard InChI is InChI=1S/C42H25ClF3NO7/c43-27-14-13-26(42(44,45)46)19-28(27)47-37(48)35-36(38(47)49)41(25-9-5-2-6-10-25)34(23-12-16-30-32(18-23)54-21-52-30)33(22-11-15-29-31(17-22)53-20-51-29)40(35,39(41)50)24-7-3-1-4-8-24/h1-19,35-36H,20-21H2/t35-,36+,40-,41-/m0/s1. The van der Waals surface area contributed by atoms with Crippen LogP contribution in [0.4, 0.5) is 18.9 Å². The molecule has 0 radical (unpaired) electrons. The molecule has 5 aromatic rings. The number of amides is 2. The van der Waals surface area contributed by atoms with E-state index in [4.69, 9.17) is 30.5 Å². The number of rotatable bonds is 5. The predicted molar refractivity (Wildman–Crippen MR) is 189 cm³/mol. The number of ketones is 1. The number of allylic oxidation sites excluding steroid dienone is 2. The molecule has 0 spiro atoms. The van der Waals surface area contributed by atoms with Crippen LogP contribution >= 0.6 is 11.6 Å². The van der Waals surface area contributed by atoms with Crippen molar-refractivity contribution < 1.29 is 46.5 Å². The average Bonchev–Trinajstić information content (AvgIpc) is 3.98. The molecule has 3 aliphatic heterocycles. The van der Waals surface area contributed by atoms with E-state index in [1.165, 1.54) is 0 Å². The van der Waals surface area contributed by atoms with E-state index in [1.807, 2.05) is 0 Å². The van der Waals surface area contributed by atoms with E-state index in [0.29, 0.717) is 62.5 Å². The summed E-state index contributed by atoms with van der Waals surface area (Å²) in [5.74, 6) is -3.10. The summed E-state index contributed by atoms with van der Waals surface area (Å²) < 4.78 is 65.2. The van der Waals surface area contributed by atoms with Crippen LogP contribution in [0.15, 0.2) is 115 Å². The lowest BCUT2D eigenvalue weighted by Crippen LogP contribution is -2.45. The first-order chi connectivity index (χ1) is 26.1. The lowest BCUT2D eigenvalue weighted by molar-refractivity contribution is -0.137. The number of ether oxygens (including phenoxy) is 4. The Morgan fingerprint density at radius 3 is 1.52 bits per heavy atom. The van der Waals surface area contributed by atoms with Crippen molar-refractivity contribution in [2.24, 2.45) is 11.8 Å². The number of hydrogen-bond donors (Lipinski definition) is 0. The largest absolute Gasteiger partial charge is 0.454 e. The topological polar surface area (TPSA) is 91.4 Å². The van der Waals surface area contributed by atoms with E-state index in [2.05, 4.69) is 0 Å². The first-order valence-electron chi connectivity index (χ1n) is 17.0. The van der Waals surface area contributed by atoms with Gasteiger partial charge in [0.1, 0.15) is 0 Å². The van der Waals surface area contributed by atoms with Gasteiger partial charge >= 0.3 is 6.18 Å². The summed E-state index contributed by atoms with van der Waals surface area (Å²) in [5, 5.41) is -0.231. The molecule has 5 aromatic carbocycles. The minimum Gasteiger partial charge on any atom is -0.454 e. The van der Waals surface area contributed by atoms with Gasteiger partial charge in [0, 0.05) is 0 Å². The molecule has 0 unspecified atom stereocenters. The number of hydrogen-bond acceptors (Lipinski definition) is 7. The molecule has 8 nitrogen and oxygen atoms in total. The van der Waals surface area contributed by atoms with Crippen LogP contribution in [0.25, 0.3) is 11.1 Å². The molecule has 1 saturated heterocycles. The van der Waals surface area contributed by atoms with Gasteiger partial charge in [0.25, 0.3) is 0 Å². The number of alkyl halides is 3. The van der Waals surface area contributed by atoms with Crippen LogP contribution in [0, 0.1) is 11.8 Å². The maximum Gasteiger partial charge on any atom is 0.416 e. The molecule has 1 saturated carbocycles. The Labute approximate surface area is 310 Å². The summed E-state index contributed by atoms with van der Waals surface area (Å²) in [7, 11) is 0. The van der Waals surface area contributed by atoms with Gasteiger partial charge in [-0.05, 0) is 75.9 Å². The summed E-state index contributed by atoms with van der Waals surface area (Å²) in [6.07, 6.45) is -4.80. The fourth-order valence-corrected chi connectivity index (χ4v) is 9.53. The van der Waals surface area contributed by atoms with Gasteiger partial charge in [0.05, 0.1) is 38.9 Å². The van der Waals surface area contributed by atoms with Crippen LogP contribution in [0.2, 0.25) is 5.02 Å². The number of benzene rings is 5. The quantitative estimate of drug-likeness (QED) is 0.168. The fourth-order valence-electron chi connectivity index (χ4n) is 9.33. The summed E-state index contributed by atoms with van der Waals surface area (Å²) in [4.78, 5) is 47.5. The molecule has 10 rings (SSSR count). The average molecular weight is 748 g/mol. The molecule has 2 amide bonds. The molecule has 0 N–H and O–H groups in total. The zero-order chi connectivity index (χ0) is 37.1. The molecule has 2 bridgehead atoms. The predicted octanol–water partition coefficient (Wildman–Crippen LogP) is 8.01. The highest BCUT2D eigenvalue weighted by molar-refractivity contribution is 6.41. The first-order valence-corrected chi connectivity index (χ1v) is 17.4. The minimum absolute atomic E-state index is 0.0199. The van der Waals surface area contributed by atoms with Crippen molar-refractivity contribution in [1.82, 2.24) is 0 Å². The van der Waals surface area contributed by atoms with Gasteiger partial charge in [-0.3, -0.25) is 14.4 Å². The number of Topliss-reactive ketones (excluding diaryl/α,β-unsaturated/α-hetero) is 1. The van der Waals surface area contributed by atoms with Crippen LogP contribution in [0.3, 0.4) is 0 Å². The van der Waals surface area contributed by atoms with Crippen LogP contribution in [-0.4, -0.2) is 31.2 Å². The van der Waals surface area contributed by atoms with Crippen molar-refractivity contribution in [3.63, 3.8) is 0 Å². The number of carbonyl (C=O) groups excluding carboxylic acids is 3. The Bertz CT molecular complexity index is 2370. The van der Waals surface area contributed by atoms with Gasteiger partial charge in [0.15, 0.2) is 28.8 Å². The molecule has 5 aliphatic rings. The second-order valence-corrected chi connectivity index (χ2v) is 14.1. The summed E-state index contributed by atoms with van der Waals surface area (Å²) >= 11 is 6.55. The molecule has 268 valence electrons. The zero-order valence-corrected chi connectivity index (χ0v) is 28.6. The van der Waals surface area contributed by atoms with Gasteiger partial charge in [-0.25, -0.2) is 4.90 Å². The van der Waals surface area contributed by atoms with Crippen molar-refractivity contribution in [2.75, 3.05) is 18.5 Å². The first kappa shape index (κ1) is 32.6. The van der Waals surface area contributed by atoms with Gasteiger partial charge in [0.2, 0.25) is 25.4 Å². The lowest BCUT2D eigenvalue weighted by Gasteiger charge is -2.39. The van der Waals surface area contributed by atoms with Crippen molar-refractivity contribution in [1.29, 1.82) is 0 Å². The lowest BCUT2D eigenvalue weighted by atomic mass is 9.59. The highest BCUT2D eigenvalue weighted by atomic mass is 35.5. The fraction of sp³-hybridized carbons (Fsp3) is 0.167. The van der Waals surface area contributed by atoms with E-state index in [0.717, 1.165) is 17.0 Å². The van der Waals surface area contributed by atoms with Gasteiger partial charge in [-0.1, -0.05) is 84.4 Å². The Kier molecular flexibility index (Phi) is 6.77. The number of halogens is 4. The van der Waals surface area contributed by atoms with Gasteiger partial charge in [-0.15, -0.1) is 0 Å². The number of fused-ring (bicyclic) bond motifs is 7. The Balaban J connectivity index is 1.35. The van der Waals surface area contributed by atoms with Crippen molar-refractivity contribution in [2.45, 2.75) is 17.0 Å². The van der Waals surface area contributed by atoms with Crippen molar-refractivity contribution in [3.05, 3.63) is 148 Å². The third-order valence-corrected chi connectivity index (χ3v) is 11.6. The SMILES string of the molecule is O=C1[C@@H]2[C@H](C(=O)N1c1cc(C(F)(F)F)ccc1Cl)[C@@]1(c3ccccc3)C(=O)[C@@]2(c2ccccc2)C(c2ccc3c(c2)OCO3)=C1c1ccc2c(c1)OCO2. The third-order valence-electron chi connectivity index (χ3n) is 11.3. The van der Waals surface area contributed by atoms with Crippen molar-refractivity contribution >= 4 is 46.0 Å². The monoisotopic (exact) mass is 747 g/mol. The molecular weight excluding hydrogens is 723 g/mol. The summed E-state index contributed by atoms with van der Waals surface area (Å²) in [5.41, 5.74) is -2.37. The van der Waals surface area contributed by atoms with Crippen LogP contribution < -0.4 is 23.8 Å². The smallest absolute Gasteiger partial charge is 0.416 e. The van der Waals surface area contributed by atoms with Gasteiger partial charge in [-0.2, -0.15) is 13.2 Å². The van der Waals surface area contributed by atoms with Crippen LogP contribution in [0.5, 0.6) is 23.0 Å². The molecule has 3 heterocycles. The van der Waals surface area contributed by atoms with E-state index in [1.54, 1.807) is 97.1 Å². The van der Waals surface area contributed by atoms with E-state index < -0.39 is 57.7 Å². The second-order valence-electron chi connectivity index (χ2n) is 13.7. The highest BCUT2D eigenvalue weighted by Gasteiger charge is 2.83.